The maximum atomic E-state index is 5.37. The Labute approximate surface area is 89.5 Å². The normalized spacial score (nSPS) is 10.4. The number of halogens is 1. The quantitative estimate of drug-likeness (QED) is 0.772. The largest absolute Gasteiger partial charge is 0.419 e. The van der Waals surface area contributed by atoms with Gasteiger partial charge in [-0.15, -0.1) is 10.2 Å². The number of hydrogen-bond donors (Lipinski definition) is 0. The van der Waals surface area contributed by atoms with Crippen molar-refractivity contribution in [1.29, 1.82) is 0 Å². The number of hydrogen-bond acceptors (Lipinski definition) is 4. The molecule has 0 aromatic carbocycles. The summed E-state index contributed by atoms with van der Waals surface area (Å²) in [6, 6.07) is 5.56. The Bertz CT molecular complexity index is 441. The predicted octanol–water partition coefficient (Wildman–Crippen LogP) is 2.46. The molecule has 2 heterocycles. The minimum Gasteiger partial charge on any atom is -0.419 e. The van der Waals surface area contributed by atoms with Crippen LogP contribution < -0.4 is 0 Å². The molecule has 0 fully saturated rings. The lowest BCUT2D eigenvalue weighted by Crippen LogP contribution is -1.83. The van der Waals surface area contributed by atoms with Crippen molar-refractivity contribution in [3.05, 3.63) is 28.7 Å². The van der Waals surface area contributed by atoms with Crippen molar-refractivity contribution in [2.24, 2.45) is 0 Å². The Kier molecular flexibility index (Phi) is 2.58. The summed E-state index contributed by atoms with van der Waals surface area (Å²) in [7, 11) is 0. The van der Waals surface area contributed by atoms with Crippen molar-refractivity contribution in [2.45, 2.75) is 13.3 Å². The van der Waals surface area contributed by atoms with E-state index in [0.717, 1.165) is 11.0 Å². The van der Waals surface area contributed by atoms with Gasteiger partial charge >= 0.3 is 0 Å². The summed E-state index contributed by atoms with van der Waals surface area (Å²) >= 11 is 3.28. The molecular formula is C9H8BrN3O. The highest BCUT2D eigenvalue weighted by Crippen LogP contribution is 2.17. The smallest absolute Gasteiger partial charge is 0.266 e. The lowest BCUT2D eigenvalue weighted by molar-refractivity contribution is 0.511. The molecule has 0 saturated heterocycles. The van der Waals surface area contributed by atoms with Crippen molar-refractivity contribution < 1.29 is 4.42 Å². The number of nitrogens with zero attached hydrogens (tertiary/aromatic N) is 3. The van der Waals surface area contributed by atoms with E-state index in [1.165, 1.54) is 0 Å². The van der Waals surface area contributed by atoms with Crippen LogP contribution in [-0.4, -0.2) is 15.2 Å². The first-order chi connectivity index (χ1) is 6.79. The molecule has 0 radical (unpaired) electrons. The molecule has 14 heavy (non-hydrogen) atoms. The molecule has 2 aromatic rings. The van der Waals surface area contributed by atoms with Crippen LogP contribution in [0.4, 0.5) is 0 Å². The van der Waals surface area contributed by atoms with Crippen LogP contribution in [0.2, 0.25) is 0 Å². The van der Waals surface area contributed by atoms with Gasteiger partial charge in [0.25, 0.3) is 5.89 Å². The lowest BCUT2D eigenvalue weighted by atomic mass is 10.3. The third-order valence-electron chi connectivity index (χ3n) is 1.70. The average molecular weight is 254 g/mol. The predicted molar refractivity (Wildman–Crippen MR) is 54.6 cm³/mol. The van der Waals surface area contributed by atoms with Crippen LogP contribution in [-0.2, 0) is 6.42 Å². The summed E-state index contributed by atoms with van der Waals surface area (Å²) in [4.78, 5) is 4.21. The summed E-state index contributed by atoms with van der Waals surface area (Å²) in [5.74, 6) is 1.09. The maximum Gasteiger partial charge on any atom is 0.266 e. The topological polar surface area (TPSA) is 51.8 Å². The average Bonchev–Trinajstić information content (AvgIpc) is 2.66. The van der Waals surface area contributed by atoms with Gasteiger partial charge in [0.15, 0.2) is 0 Å². The highest BCUT2D eigenvalue weighted by atomic mass is 79.9. The molecule has 0 atom stereocenters. The van der Waals surface area contributed by atoms with Crippen LogP contribution in [0.1, 0.15) is 12.8 Å². The van der Waals surface area contributed by atoms with E-state index in [1.807, 2.05) is 25.1 Å². The van der Waals surface area contributed by atoms with Crippen molar-refractivity contribution in [1.82, 2.24) is 15.2 Å². The minimum absolute atomic E-state index is 0.461. The monoisotopic (exact) mass is 253 g/mol. The second-order valence-corrected chi connectivity index (χ2v) is 3.51. The third kappa shape index (κ3) is 1.82. The number of pyridine rings is 1. The van der Waals surface area contributed by atoms with E-state index in [0.29, 0.717) is 17.5 Å². The zero-order chi connectivity index (χ0) is 9.97. The molecule has 0 saturated carbocycles. The van der Waals surface area contributed by atoms with Crippen molar-refractivity contribution in [3.8, 4) is 11.6 Å². The van der Waals surface area contributed by atoms with Gasteiger partial charge in [0.2, 0.25) is 5.89 Å². The molecule has 2 rings (SSSR count). The van der Waals surface area contributed by atoms with E-state index < -0.39 is 0 Å². The SMILES string of the molecule is CCc1nnc(-c2cccc(Br)n2)o1. The Morgan fingerprint density at radius 1 is 1.36 bits per heavy atom. The number of aryl methyl sites for hydroxylation is 1. The van der Waals surface area contributed by atoms with Crippen molar-refractivity contribution in [3.63, 3.8) is 0 Å². The molecule has 0 aliphatic carbocycles. The second kappa shape index (κ2) is 3.88. The molecule has 0 aliphatic heterocycles. The van der Waals surface area contributed by atoms with E-state index in [9.17, 15) is 0 Å². The van der Waals surface area contributed by atoms with E-state index in [4.69, 9.17) is 4.42 Å². The minimum atomic E-state index is 0.461. The van der Waals surface area contributed by atoms with Crippen LogP contribution in [0.25, 0.3) is 11.6 Å². The van der Waals surface area contributed by atoms with E-state index in [2.05, 4.69) is 31.1 Å². The van der Waals surface area contributed by atoms with Crippen LogP contribution in [0.15, 0.2) is 27.2 Å². The maximum absolute atomic E-state index is 5.37. The molecule has 5 heteroatoms. The van der Waals surface area contributed by atoms with E-state index in [-0.39, 0.29) is 0 Å². The van der Waals surface area contributed by atoms with Gasteiger partial charge in [0, 0.05) is 6.42 Å². The highest BCUT2D eigenvalue weighted by Gasteiger charge is 2.08. The number of rotatable bonds is 2. The Balaban J connectivity index is 2.39. The molecular weight excluding hydrogens is 246 g/mol. The zero-order valence-electron chi connectivity index (χ0n) is 7.57. The summed E-state index contributed by atoms with van der Waals surface area (Å²) in [5, 5.41) is 7.77. The van der Waals surface area contributed by atoms with E-state index in [1.54, 1.807) is 0 Å². The first-order valence-electron chi connectivity index (χ1n) is 4.25. The van der Waals surface area contributed by atoms with Gasteiger partial charge in [-0.25, -0.2) is 4.98 Å². The Morgan fingerprint density at radius 2 is 2.21 bits per heavy atom. The zero-order valence-corrected chi connectivity index (χ0v) is 9.15. The van der Waals surface area contributed by atoms with Crippen LogP contribution in [0.3, 0.4) is 0 Å². The van der Waals surface area contributed by atoms with Gasteiger partial charge in [-0.2, -0.15) is 0 Å². The third-order valence-corrected chi connectivity index (χ3v) is 2.15. The number of aromatic nitrogens is 3. The van der Waals surface area contributed by atoms with Crippen molar-refractivity contribution in [2.75, 3.05) is 0 Å². The fourth-order valence-electron chi connectivity index (χ4n) is 1.03. The fraction of sp³-hybridized carbons (Fsp3) is 0.222. The second-order valence-electron chi connectivity index (χ2n) is 2.70. The van der Waals surface area contributed by atoms with Gasteiger partial charge in [-0.1, -0.05) is 13.0 Å². The van der Waals surface area contributed by atoms with Crippen molar-refractivity contribution >= 4 is 15.9 Å². The molecule has 0 aliphatic rings. The molecule has 0 unspecified atom stereocenters. The first kappa shape index (κ1) is 9.33. The standard InChI is InChI=1S/C9H8BrN3O/c1-2-8-12-13-9(14-8)6-4-3-5-7(10)11-6/h3-5H,2H2,1H3. The molecule has 0 amide bonds. The van der Waals surface area contributed by atoms with Gasteiger partial charge < -0.3 is 4.42 Å². The van der Waals surface area contributed by atoms with Crippen LogP contribution >= 0.6 is 15.9 Å². The Hall–Kier alpha value is -1.23. The van der Waals surface area contributed by atoms with Crippen LogP contribution in [0, 0.1) is 0 Å². The van der Waals surface area contributed by atoms with Gasteiger partial charge in [0.1, 0.15) is 10.3 Å². The Morgan fingerprint density at radius 3 is 2.86 bits per heavy atom. The van der Waals surface area contributed by atoms with Crippen LogP contribution in [0.5, 0.6) is 0 Å². The van der Waals surface area contributed by atoms with E-state index >= 15 is 0 Å². The summed E-state index contributed by atoms with van der Waals surface area (Å²) in [6.45, 7) is 1.96. The molecule has 0 N–H and O–H groups in total. The molecule has 72 valence electrons. The van der Waals surface area contributed by atoms with Gasteiger partial charge in [-0.3, -0.25) is 0 Å². The lowest BCUT2D eigenvalue weighted by Gasteiger charge is -1.93. The molecule has 0 bridgehead atoms. The molecule has 4 nitrogen and oxygen atoms in total. The fourth-order valence-corrected chi connectivity index (χ4v) is 1.37. The summed E-state index contributed by atoms with van der Waals surface area (Å²) in [6.07, 6.45) is 0.737. The molecule has 2 aromatic heterocycles. The van der Waals surface area contributed by atoms with Gasteiger partial charge in [0.05, 0.1) is 0 Å². The molecule has 0 spiro atoms. The summed E-state index contributed by atoms with van der Waals surface area (Å²) in [5.41, 5.74) is 0.687. The summed E-state index contributed by atoms with van der Waals surface area (Å²) < 4.78 is 6.12. The first-order valence-corrected chi connectivity index (χ1v) is 5.04. The van der Waals surface area contributed by atoms with Gasteiger partial charge in [-0.05, 0) is 28.1 Å². The highest BCUT2D eigenvalue weighted by molar-refractivity contribution is 9.10.